The fraction of sp³-hybridized carbons (Fsp3) is 0.235. The molecule has 1 amide bonds. The van der Waals surface area contributed by atoms with Crippen LogP contribution in [-0.4, -0.2) is 30.9 Å². The average molecular weight is 316 g/mol. The molecule has 0 unspecified atom stereocenters. The molecule has 0 aromatic heterocycles. The van der Waals surface area contributed by atoms with Crippen LogP contribution in [0.1, 0.15) is 15.9 Å². The van der Waals surface area contributed by atoms with E-state index in [-0.39, 0.29) is 5.91 Å². The minimum Gasteiger partial charge on any atom is -0.344 e. The summed E-state index contributed by atoms with van der Waals surface area (Å²) >= 11 is 6.13. The predicted octanol–water partition coefficient (Wildman–Crippen LogP) is 3.02. The van der Waals surface area contributed by atoms with E-state index in [9.17, 15) is 4.79 Å². The molecule has 2 N–H and O–H groups in total. The van der Waals surface area contributed by atoms with Gasteiger partial charge in [-0.3, -0.25) is 4.79 Å². The van der Waals surface area contributed by atoms with E-state index in [2.05, 4.69) is 0 Å². The highest BCUT2D eigenvalue weighted by Gasteiger charge is 2.25. The van der Waals surface area contributed by atoms with Crippen molar-refractivity contribution >= 4 is 28.9 Å². The highest BCUT2D eigenvalue weighted by molar-refractivity contribution is 6.30. The van der Waals surface area contributed by atoms with Gasteiger partial charge in [-0.15, -0.1) is 0 Å². The summed E-state index contributed by atoms with van der Waals surface area (Å²) in [6.07, 6.45) is 0. The van der Waals surface area contributed by atoms with Crippen LogP contribution >= 0.6 is 11.6 Å². The number of anilines is 2. The Morgan fingerprint density at radius 1 is 1.18 bits per heavy atom. The minimum atomic E-state index is -0.00137. The van der Waals surface area contributed by atoms with Crippen molar-refractivity contribution in [2.45, 2.75) is 6.54 Å². The van der Waals surface area contributed by atoms with Gasteiger partial charge in [0, 0.05) is 37.4 Å². The van der Waals surface area contributed by atoms with Crippen LogP contribution in [0.2, 0.25) is 5.02 Å². The molecular formula is C17H18ClN3O. The number of halogens is 1. The number of fused-ring (bicyclic) bond motifs is 2. The van der Waals surface area contributed by atoms with E-state index in [1.54, 1.807) is 4.90 Å². The number of hydrogen-bond donors (Lipinski definition) is 1. The van der Waals surface area contributed by atoms with Gasteiger partial charge < -0.3 is 15.5 Å². The first-order valence-electron chi connectivity index (χ1n) is 7.22. The molecule has 0 radical (unpaired) electrons. The van der Waals surface area contributed by atoms with Gasteiger partial charge in [-0.05, 0) is 35.9 Å². The number of para-hydroxylation sites is 1. The topological polar surface area (TPSA) is 49.6 Å². The van der Waals surface area contributed by atoms with E-state index in [1.807, 2.05) is 54.4 Å². The molecule has 0 saturated heterocycles. The molecule has 1 aliphatic rings. The molecule has 0 atom stereocenters. The molecule has 0 spiro atoms. The van der Waals surface area contributed by atoms with Crippen LogP contribution in [0.5, 0.6) is 0 Å². The lowest BCUT2D eigenvalue weighted by atomic mass is 10.0. The van der Waals surface area contributed by atoms with Crippen molar-refractivity contribution in [1.82, 2.24) is 4.90 Å². The summed E-state index contributed by atoms with van der Waals surface area (Å²) in [7, 11) is 1.97. The van der Waals surface area contributed by atoms with E-state index < -0.39 is 0 Å². The fourth-order valence-electron chi connectivity index (χ4n) is 2.87. The molecule has 4 nitrogen and oxygen atoms in total. The van der Waals surface area contributed by atoms with Crippen molar-refractivity contribution < 1.29 is 4.79 Å². The van der Waals surface area contributed by atoms with E-state index in [4.69, 9.17) is 17.3 Å². The Bertz CT molecular complexity index is 717. The highest BCUT2D eigenvalue weighted by Crippen LogP contribution is 2.35. The zero-order valence-corrected chi connectivity index (χ0v) is 13.2. The largest absolute Gasteiger partial charge is 0.344 e. The number of hydrogen-bond acceptors (Lipinski definition) is 3. The number of benzene rings is 2. The summed E-state index contributed by atoms with van der Waals surface area (Å²) in [5.41, 5.74) is 9.33. The second-order valence-electron chi connectivity index (χ2n) is 5.36. The summed E-state index contributed by atoms with van der Waals surface area (Å²) in [5, 5.41) is 0.668. The lowest BCUT2D eigenvalue weighted by Crippen LogP contribution is -2.37. The number of carbonyl (C=O) groups is 1. The van der Waals surface area contributed by atoms with Crippen LogP contribution in [0.4, 0.5) is 11.4 Å². The molecule has 0 fully saturated rings. The molecule has 22 heavy (non-hydrogen) atoms. The van der Waals surface area contributed by atoms with Gasteiger partial charge in [-0.2, -0.15) is 0 Å². The molecule has 2 aromatic carbocycles. The molecule has 0 saturated carbocycles. The van der Waals surface area contributed by atoms with Crippen molar-refractivity contribution in [1.29, 1.82) is 0 Å². The molecule has 3 rings (SSSR count). The summed E-state index contributed by atoms with van der Waals surface area (Å²) < 4.78 is 0. The van der Waals surface area contributed by atoms with Crippen LogP contribution in [-0.2, 0) is 6.54 Å². The maximum Gasteiger partial charge on any atom is 0.256 e. The summed E-state index contributed by atoms with van der Waals surface area (Å²) in [4.78, 5) is 16.6. The zero-order valence-electron chi connectivity index (χ0n) is 12.4. The van der Waals surface area contributed by atoms with Crippen molar-refractivity contribution in [3.8, 4) is 0 Å². The molecule has 114 valence electrons. The first-order valence-corrected chi connectivity index (χ1v) is 7.60. The second-order valence-corrected chi connectivity index (χ2v) is 5.80. The Morgan fingerprint density at radius 3 is 2.73 bits per heavy atom. The van der Waals surface area contributed by atoms with E-state index >= 15 is 0 Å². The quantitative estimate of drug-likeness (QED) is 0.926. The molecule has 0 bridgehead atoms. The van der Waals surface area contributed by atoms with Crippen LogP contribution in [0.15, 0.2) is 42.5 Å². The van der Waals surface area contributed by atoms with E-state index in [0.717, 1.165) is 16.9 Å². The first-order chi connectivity index (χ1) is 10.6. The predicted molar refractivity (Wildman–Crippen MR) is 89.8 cm³/mol. The van der Waals surface area contributed by atoms with Gasteiger partial charge in [0.25, 0.3) is 5.91 Å². The van der Waals surface area contributed by atoms with E-state index in [1.165, 1.54) is 0 Å². The molecule has 2 aromatic rings. The Hall–Kier alpha value is -2.04. The fourth-order valence-corrected chi connectivity index (χ4v) is 3.06. The highest BCUT2D eigenvalue weighted by atomic mass is 35.5. The van der Waals surface area contributed by atoms with Gasteiger partial charge in [0.2, 0.25) is 0 Å². The monoisotopic (exact) mass is 315 g/mol. The number of rotatable bonds is 2. The number of nitrogens with zero attached hydrogens (tertiary/aromatic N) is 2. The second kappa shape index (κ2) is 5.99. The SMILES string of the molecule is CN1c2ccc(Cl)cc2CN(CCN)C(=O)c2ccccc21. The maximum absolute atomic E-state index is 12.8. The molecule has 0 aliphatic carbocycles. The average Bonchev–Trinajstić information content (AvgIpc) is 2.52. The van der Waals surface area contributed by atoms with Gasteiger partial charge in [0.1, 0.15) is 0 Å². The molecule has 1 aliphatic heterocycles. The van der Waals surface area contributed by atoms with Gasteiger partial charge in [0.05, 0.1) is 11.3 Å². The van der Waals surface area contributed by atoms with Gasteiger partial charge in [-0.25, -0.2) is 0 Å². The van der Waals surface area contributed by atoms with Crippen LogP contribution in [0.25, 0.3) is 0 Å². The Kier molecular flexibility index (Phi) is 4.05. The number of carbonyl (C=O) groups excluding carboxylic acids is 1. The normalized spacial score (nSPS) is 14.2. The minimum absolute atomic E-state index is 0.00137. The lowest BCUT2D eigenvalue weighted by molar-refractivity contribution is 0.0748. The molecule has 5 heteroatoms. The smallest absolute Gasteiger partial charge is 0.256 e. The van der Waals surface area contributed by atoms with Gasteiger partial charge in [0.15, 0.2) is 0 Å². The third-order valence-electron chi connectivity index (χ3n) is 3.95. The van der Waals surface area contributed by atoms with Crippen molar-refractivity contribution in [2.75, 3.05) is 25.0 Å². The number of nitrogens with two attached hydrogens (primary N) is 1. The Morgan fingerprint density at radius 2 is 1.95 bits per heavy atom. The third kappa shape index (κ3) is 2.56. The zero-order chi connectivity index (χ0) is 15.7. The van der Waals surface area contributed by atoms with Crippen LogP contribution in [0, 0.1) is 0 Å². The summed E-state index contributed by atoms with van der Waals surface area (Å²) in [5.74, 6) is -0.00137. The maximum atomic E-state index is 12.8. The van der Waals surface area contributed by atoms with Gasteiger partial charge >= 0.3 is 0 Å². The third-order valence-corrected chi connectivity index (χ3v) is 4.18. The van der Waals surface area contributed by atoms with Crippen molar-refractivity contribution in [3.05, 3.63) is 58.6 Å². The van der Waals surface area contributed by atoms with Crippen LogP contribution in [0.3, 0.4) is 0 Å². The lowest BCUT2D eigenvalue weighted by Gasteiger charge is -2.32. The molecular weight excluding hydrogens is 298 g/mol. The first kappa shape index (κ1) is 14.9. The summed E-state index contributed by atoms with van der Waals surface area (Å²) in [6.45, 7) is 1.45. The Balaban J connectivity index is 2.19. The van der Waals surface area contributed by atoms with Gasteiger partial charge in [-0.1, -0.05) is 23.7 Å². The van der Waals surface area contributed by atoms with Crippen LogP contribution < -0.4 is 10.6 Å². The molecule has 1 heterocycles. The number of amides is 1. The van der Waals surface area contributed by atoms with Crippen molar-refractivity contribution in [3.63, 3.8) is 0 Å². The Labute approximate surface area is 135 Å². The van der Waals surface area contributed by atoms with Crippen molar-refractivity contribution in [2.24, 2.45) is 5.73 Å². The summed E-state index contributed by atoms with van der Waals surface area (Å²) in [6, 6.07) is 13.4. The van der Waals surface area contributed by atoms with E-state index in [0.29, 0.717) is 30.2 Å². The standard InChI is InChI=1S/C17H18ClN3O/c1-20-15-7-6-13(18)10-12(15)11-21(9-8-19)17(22)14-4-2-3-5-16(14)20/h2-7,10H,8-9,11,19H2,1H3.